The van der Waals surface area contributed by atoms with Gasteiger partial charge in [0.05, 0.1) is 5.60 Å². The van der Waals surface area contributed by atoms with E-state index in [0.717, 1.165) is 57.8 Å². The summed E-state index contributed by atoms with van der Waals surface area (Å²) < 4.78 is 6.25. The molecule has 1 N–H and O–H groups in total. The van der Waals surface area contributed by atoms with Gasteiger partial charge in [-0.3, -0.25) is 9.69 Å². The van der Waals surface area contributed by atoms with Gasteiger partial charge >= 0.3 is 0 Å². The number of nitrogens with zero attached hydrogens (tertiary/aromatic N) is 1. The number of carbonyl (C=O) groups excluding carboxylic acids is 1. The maximum Gasteiger partial charge on any atom is 0.249 e. The van der Waals surface area contributed by atoms with Crippen LogP contribution in [0.3, 0.4) is 0 Å². The summed E-state index contributed by atoms with van der Waals surface area (Å²) in [6.07, 6.45) is 6.39. The Balaban J connectivity index is 1.25. The van der Waals surface area contributed by atoms with Crippen molar-refractivity contribution in [1.82, 2.24) is 10.2 Å². The molecule has 1 atom stereocenters. The second-order valence-electron chi connectivity index (χ2n) is 7.42. The molecule has 1 saturated carbocycles. The molecule has 5 heteroatoms. The highest BCUT2D eigenvalue weighted by molar-refractivity contribution is 7.07. The molecule has 1 spiro atoms. The molecule has 1 aliphatic carbocycles. The van der Waals surface area contributed by atoms with Gasteiger partial charge in [-0.2, -0.15) is 11.3 Å². The Morgan fingerprint density at radius 1 is 1.30 bits per heavy atom. The Kier molecular flexibility index (Phi) is 4.43. The van der Waals surface area contributed by atoms with Crippen molar-refractivity contribution in [3.8, 4) is 0 Å². The number of likely N-dealkylation sites (tertiary alicyclic amines) is 1. The largest absolute Gasteiger partial charge is 0.362 e. The minimum atomic E-state index is -0.211. The molecule has 126 valence electrons. The van der Waals surface area contributed by atoms with Gasteiger partial charge in [0.1, 0.15) is 6.10 Å². The topological polar surface area (TPSA) is 41.6 Å². The number of rotatable bonds is 5. The van der Waals surface area contributed by atoms with Crippen LogP contribution >= 0.6 is 11.3 Å². The lowest BCUT2D eigenvalue weighted by molar-refractivity contribution is -0.140. The molecule has 3 fully saturated rings. The zero-order chi connectivity index (χ0) is 15.7. The predicted octanol–water partition coefficient (Wildman–Crippen LogP) is 2.79. The van der Waals surface area contributed by atoms with Crippen LogP contribution in [-0.2, 0) is 16.1 Å². The van der Waals surface area contributed by atoms with E-state index in [1.807, 2.05) is 0 Å². The fourth-order valence-electron chi connectivity index (χ4n) is 3.81. The van der Waals surface area contributed by atoms with Crippen LogP contribution in [0.4, 0.5) is 0 Å². The fraction of sp³-hybridized carbons (Fsp3) is 0.722. The maximum atomic E-state index is 12.2. The number of nitrogens with one attached hydrogen (secondary N) is 1. The van der Waals surface area contributed by atoms with Crippen LogP contribution in [0.1, 0.15) is 44.1 Å². The minimum absolute atomic E-state index is 0.0350. The van der Waals surface area contributed by atoms with E-state index < -0.39 is 0 Å². The highest BCUT2D eigenvalue weighted by Gasteiger charge is 2.44. The van der Waals surface area contributed by atoms with Crippen molar-refractivity contribution in [2.24, 2.45) is 5.92 Å². The van der Waals surface area contributed by atoms with Gasteiger partial charge in [0, 0.05) is 26.2 Å². The number of amides is 1. The van der Waals surface area contributed by atoms with E-state index in [-0.39, 0.29) is 17.6 Å². The molecule has 2 aliphatic heterocycles. The fourth-order valence-corrected chi connectivity index (χ4v) is 4.47. The predicted molar refractivity (Wildman–Crippen MR) is 91.4 cm³/mol. The van der Waals surface area contributed by atoms with E-state index in [1.54, 1.807) is 11.3 Å². The third-order valence-corrected chi connectivity index (χ3v) is 6.29. The average molecular weight is 334 g/mol. The highest BCUT2D eigenvalue weighted by atomic mass is 32.1. The molecule has 4 rings (SSSR count). The molecule has 0 aromatic carbocycles. The van der Waals surface area contributed by atoms with Crippen LogP contribution in [0.25, 0.3) is 0 Å². The van der Waals surface area contributed by atoms with Crippen molar-refractivity contribution in [2.45, 2.75) is 56.8 Å². The van der Waals surface area contributed by atoms with Gasteiger partial charge < -0.3 is 10.1 Å². The van der Waals surface area contributed by atoms with E-state index in [0.29, 0.717) is 0 Å². The van der Waals surface area contributed by atoms with Crippen molar-refractivity contribution >= 4 is 17.2 Å². The molecule has 3 aliphatic rings. The molecule has 23 heavy (non-hydrogen) atoms. The molecule has 1 aromatic rings. The molecule has 3 heterocycles. The van der Waals surface area contributed by atoms with Gasteiger partial charge in [-0.25, -0.2) is 0 Å². The summed E-state index contributed by atoms with van der Waals surface area (Å²) in [5.74, 6) is 0.851. The van der Waals surface area contributed by atoms with Gasteiger partial charge in [0.2, 0.25) is 5.91 Å². The summed E-state index contributed by atoms with van der Waals surface area (Å²) in [5.41, 5.74) is 1.38. The Labute approximate surface area is 142 Å². The smallest absolute Gasteiger partial charge is 0.249 e. The van der Waals surface area contributed by atoms with E-state index in [2.05, 4.69) is 27.0 Å². The summed E-state index contributed by atoms with van der Waals surface area (Å²) in [5, 5.41) is 7.45. The first kappa shape index (κ1) is 15.6. The molecule has 2 saturated heterocycles. The van der Waals surface area contributed by atoms with Gasteiger partial charge in [-0.15, -0.1) is 0 Å². The lowest BCUT2D eigenvalue weighted by atomic mass is 9.88. The van der Waals surface area contributed by atoms with Gasteiger partial charge in [-0.05, 0) is 66.8 Å². The van der Waals surface area contributed by atoms with Gasteiger partial charge in [0.15, 0.2) is 0 Å². The maximum absolute atomic E-state index is 12.2. The summed E-state index contributed by atoms with van der Waals surface area (Å²) in [7, 11) is 0. The monoisotopic (exact) mass is 334 g/mol. The number of hydrogen-bond donors (Lipinski definition) is 1. The Hall–Kier alpha value is -0.910. The van der Waals surface area contributed by atoms with Crippen LogP contribution in [0.2, 0.25) is 0 Å². The number of hydrogen-bond acceptors (Lipinski definition) is 4. The molecular weight excluding hydrogens is 308 g/mol. The van der Waals surface area contributed by atoms with Gasteiger partial charge in [-0.1, -0.05) is 0 Å². The first-order valence-corrected chi connectivity index (χ1v) is 9.86. The van der Waals surface area contributed by atoms with Crippen LogP contribution in [0.15, 0.2) is 16.8 Å². The highest BCUT2D eigenvalue weighted by Crippen LogP contribution is 2.39. The number of piperidine rings is 1. The summed E-state index contributed by atoms with van der Waals surface area (Å²) in [6, 6.07) is 2.21. The standard InChI is InChI=1S/C18H26N2O2S/c21-17(19-11-14-1-2-14)16-3-5-18(22-16)6-8-20(9-7-18)12-15-4-10-23-13-15/h4,10,13-14,16H,1-3,5-9,11-12H2,(H,19,21)/t16-/m1/s1. The molecule has 1 amide bonds. The van der Waals surface area contributed by atoms with E-state index in [4.69, 9.17) is 4.74 Å². The van der Waals surface area contributed by atoms with Crippen LogP contribution < -0.4 is 5.32 Å². The van der Waals surface area contributed by atoms with Crippen LogP contribution in [-0.4, -0.2) is 42.1 Å². The minimum Gasteiger partial charge on any atom is -0.362 e. The summed E-state index contributed by atoms with van der Waals surface area (Å²) >= 11 is 1.77. The molecule has 0 radical (unpaired) electrons. The Bertz CT molecular complexity index is 533. The first-order chi connectivity index (χ1) is 11.2. The molecule has 1 aromatic heterocycles. The zero-order valence-electron chi connectivity index (χ0n) is 13.6. The quantitative estimate of drug-likeness (QED) is 0.900. The normalized spacial score (nSPS) is 27.4. The second-order valence-corrected chi connectivity index (χ2v) is 8.20. The third-order valence-electron chi connectivity index (χ3n) is 5.56. The molecular formula is C18H26N2O2S. The number of thiophene rings is 1. The van der Waals surface area contributed by atoms with Crippen LogP contribution in [0.5, 0.6) is 0 Å². The van der Waals surface area contributed by atoms with Crippen molar-refractivity contribution < 1.29 is 9.53 Å². The number of ether oxygens (including phenoxy) is 1. The van der Waals surface area contributed by atoms with Crippen molar-refractivity contribution in [2.75, 3.05) is 19.6 Å². The molecule has 0 bridgehead atoms. The van der Waals surface area contributed by atoms with Crippen LogP contribution in [0, 0.1) is 5.92 Å². The van der Waals surface area contributed by atoms with E-state index >= 15 is 0 Å². The van der Waals surface area contributed by atoms with Crippen molar-refractivity contribution in [3.05, 3.63) is 22.4 Å². The second kappa shape index (κ2) is 6.54. The molecule has 4 nitrogen and oxygen atoms in total. The summed E-state index contributed by atoms with van der Waals surface area (Å²) in [4.78, 5) is 14.7. The lowest BCUT2D eigenvalue weighted by Gasteiger charge is -2.39. The van der Waals surface area contributed by atoms with E-state index in [1.165, 1.54) is 18.4 Å². The SMILES string of the molecule is O=C(NCC1CC1)[C@H]1CCC2(CCN(Cc3ccsc3)CC2)O1. The average Bonchev–Trinajstić information content (AvgIpc) is 3.08. The van der Waals surface area contributed by atoms with Crippen molar-refractivity contribution in [1.29, 1.82) is 0 Å². The van der Waals surface area contributed by atoms with Gasteiger partial charge in [0.25, 0.3) is 0 Å². The Morgan fingerprint density at radius 2 is 2.13 bits per heavy atom. The Morgan fingerprint density at radius 3 is 2.83 bits per heavy atom. The first-order valence-electron chi connectivity index (χ1n) is 8.91. The van der Waals surface area contributed by atoms with E-state index in [9.17, 15) is 4.79 Å². The zero-order valence-corrected chi connectivity index (χ0v) is 14.4. The molecule has 0 unspecified atom stereocenters. The lowest BCUT2D eigenvalue weighted by Crippen LogP contribution is -2.45. The third kappa shape index (κ3) is 3.78. The number of carbonyl (C=O) groups is 1. The summed E-state index contributed by atoms with van der Waals surface area (Å²) in [6.45, 7) is 4.05. The van der Waals surface area contributed by atoms with Crippen molar-refractivity contribution in [3.63, 3.8) is 0 Å².